The van der Waals surface area contributed by atoms with Crippen LogP contribution in [0.3, 0.4) is 0 Å². The Morgan fingerprint density at radius 1 is 0.889 bits per heavy atom. The third-order valence-electron chi connectivity index (χ3n) is 3.18. The highest BCUT2D eigenvalue weighted by Gasteiger charge is 2.19. The Balaban J connectivity index is 1.91. The van der Waals surface area contributed by atoms with Gasteiger partial charge in [-0.25, -0.2) is 8.78 Å². The molecule has 1 fully saturated rings. The van der Waals surface area contributed by atoms with Gasteiger partial charge in [0.1, 0.15) is 11.6 Å². The smallest absolute Gasteiger partial charge is 0.126 e. The van der Waals surface area contributed by atoms with Crippen LogP contribution in [0.1, 0.15) is 18.1 Å². The van der Waals surface area contributed by atoms with Crippen LogP contribution in [-0.2, 0) is 4.74 Å². The summed E-state index contributed by atoms with van der Waals surface area (Å²) >= 11 is 0. The molecule has 0 aliphatic carbocycles. The topological polar surface area (TPSA) is 9.23 Å². The summed E-state index contributed by atoms with van der Waals surface area (Å²) in [5, 5.41) is 0. The number of rotatable bonds is 2. The molecule has 1 heterocycles. The monoisotopic (exact) mass is 246 g/mol. The molecule has 0 amide bonds. The highest BCUT2D eigenvalue weighted by molar-refractivity contribution is 5.63. The van der Waals surface area contributed by atoms with Crippen LogP contribution in [0.4, 0.5) is 8.78 Å². The average Bonchev–Trinajstić information content (AvgIpc) is 2.26. The second-order valence-electron chi connectivity index (χ2n) is 4.43. The van der Waals surface area contributed by atoms with Gasteiger partial charge in [-0.3, -0.25) is 0 Å². The second kappa shape index (κ2) is 4.50. The van der Waals surface area contributed by atoms with Crippen LogP contribution in [0, 0.1) is 11.6 Å². The van der Waals surface area contributed by atoms with Gasteiger partial charge in [0.15, 0.2) is 0 Å². The van der Waals surface area contributed by atoms with Crippen LogP contribution in [-0.4, -0.2) is 6.61 Å². The van der Waals surface area contributed by atoms with Crippen LogP contribution in [0.5, 0.6) is 0 Å². The van der Waals surface area contributed by atoms with Crippen molar-refractivity contribution in [3.63, 3.8) is 0 Å². The average molecular weight is 246 g/mol. The first kappa shape index (κ1) is 11.4. The maximum absolute atomic E-state index is 13.1. The summed E-state index contributed by atoms with van der Waals surface area (Å²) in [5.41, 5.74) is 2.46. The van der Waals surface area contributed by atoms with Gasteiger partial charge in [0.05, 0.1) is 12.7 Å². The van der Waals surface area contributed by atoms with Crippen molar-refractivity contribution in [2.45, 2.75) is 12.5 Å². The molecule has 2 aromatic rings. The van der Waals surface area contributed by atoms with Crippen molar-refractivity contribution >= 4 is 0 Å². The van der Waals surface area contributed by atoms with E-state index in [1.165, 1.54) is 12.1 Å². The lowest BCUT2D eigenvalue weighted by atomic mass is 9.99. The van der Waals surface area contributed by atoms with Gasteiger partial charge in [-0.2, -0.15) is 0 Å². The molecule has 0 saturated carbocycles. The van der Waals surface area contributed by atoms with Crippen molar-refractivity contribution in [3.8, 4) is 11.1 Å². The van der Waals surface area contributed by atoms with Crippen LogP contribution in [0.25, 0.3) is 11.1 Å². The Hall–Kier alpha value is -1.74. The van der Waals surface area contributed by atoms with Crippen molar-refractivity contribution in [2.24, 2.45) is 0 Å². The van der Waals surface area contributed by atoms with E-state index >= 15 is 0 Å². The normalized spacial score (nSPS) is 18.4. The van der Waals surface area contributed by atoms with E-state index in [0.29, 0.717) is 5.56 Å². The van der Waals surface area contributed by atoms with Gasteiger partial charge < -0.3 is 4.74 Å². The first-order valence-electron chi connectivity index (χ1n) is 5.90. The van der Waals surface area contributed by atoms with E-state index in [1.807, 2.05) is 24.3 Å². The molecule has 1 saturated heterocycles. The largest absolute Gasteiger partial charge is 0.373 e. The molecule has 1 unspecified atom stereocenters. The molecule has 92 valence electrons. The summed E-state index contributed by atoms with van der Waals surface area (Å²) in [4.78, 5) is 0. The Morgan fingerprint density at radius 2 is 1.50 bits per heavy atom. The van der Waals surface area contributed by atoms with Gasteiger partial charge in [0.25, 0.3) is 0 Å². The van der Waals surface area contributed by atoms with E-state index in [0.717, 1.165) is 30.2 Å². The SMILES string of the molecule is Fc1cc(F)cc(-c2ccc(C3CCO3)cc2)c1. The number of hydrogen-bond donors (Lipinski definition) is 0. The predicted octanol–water partition coefficient (Wildman–Crippen LogP) is 4.09. The maximum Gasteiger partial charge on any atom is 0.126 e. The minimum atomic E-state index is -0.559. The molecular weight excluding hydrogens is 234 g/mol. The zero-order chi connectivity index (χ0) is 12.5. The Kier molecular flexibility index (Phi) is 2.84. The Labute approximate surface area is 104 Å². The summed E-state index contributed by atoms with van der Waals surface area (Å²) in [7, 11) is 0. The van der Waals surface area contributed by atoms with Crippen LogP contribution in [0.15, 0.2) is 42.5 Å². The number of ether oxygens (including phenoxy) is 1. The molecule has 1 atom stereocenters. The van der Waals surface area contributed by atoms with E-state index in [4.69, 9.17) is 4.74 Å². The third kappa shape index (κ3) is 2.14. The molecule has 1 nitrogen and oxygen atoms in total. The summed E-state index contributed by atoms with van der Waals surface area (Å²) in [6.07, 6.45) is 1.22. The molecule has 0 N–H and O–H groups in total. The van der Waals surface area contributed by atoms with Crippen molar-refractivity contribution in [1.82, 2.24) is 0 Å². The molecular formula is C15H12F2O. The molecule has 1 aliphatic rings. The first-order chi connectivity index (χ1) is 8.72. The molecule has 18 heavy (non-hydrogen) atoms. The van der Waals surface area contributed by atoms with Crippen molar-refractivity contribution in [3.05, 3.63) is 59.7 Å². The third-order valence-corrected chi connectivity index (χ3v) is 3.18. The standard InChI is InChI=1S/C15H12F2O/c16-13-7-12(8-14(17)9-13)10-1-3-11(4-2-10)15-5-6-18-15/h1-4,7-9,15H,5-6H2. The molecule has 3 rings (SSSR count). The number of halogens is 2. The van der Waals surface area contributed by atoms with Crippen LogP contribution in [0.2, 0.25) is 0 Å². The van der Waals surface area contributed by atoms with E-state index in [2.05, 4.69) is 0 Å². The van der Waals surface area contributed by atoms with Crippen molar-refractivity contribution in [1.29, 1.82) is 0 Å². The predicted molar refractivity (Wildman–Crippen MR) is 65.1 cm³/mol. The van der Waals surface area contributed by atoms with Gasteiger partial charge in [-0.1, -0.05) is 24.3 Å². The molecule has 1 aliphatic heterocycles. The lowest BCUT2D eigenvalue weighted by Gasteiger charge is -2.26. The van der Waals surface area contributed by atoms with Crippen molar-refractivity contribution in [2.75, 3.05) is 6.61 Å². The minimum absolute atomic E-state index is 0.184. The zero-order valence-electron chi connectivity index (χ0n) is 9.70. The van der Waals surface area contributed by atoms with Gasteiger partial charge in [-0.05, 0) is 28.8 Å². The van der Waals surface area contributed by atoms with Crippen LogP contribution < -0.4 is 0 Å². The summed E-state index contributed by atoms with van der Waals surface area (Å²) in [6.45, 7) is 0.807. The van der Waals surface area contributed by atoms with Gasteiger partial charge in [0.2, 0.25) is 0 Å². The second-order valence-corrected chi connectivity index (χ2v) is 4.43. The highest BCUT2D eigenvalue weighted by Crippen LogP contribution is 2.31. The molecule has 0 bridgehead atoms. The van der Waals surface area contributed by atoms with E-state index in [9.17, 15) is 8.78 Å². The molecule has 0 spiro atoms. The van der Waals surface area contributed by atoms with Gasteiger partial charge >= 0.3 is 0 Å². The van der Waals surface area contributed by atoms with Gasteiger partial charge in [0, 0.05) is 12.5 Å². The Morgan fingerprint density at radius 3 is 2.00 bits per heavy atom. The Bertz CT molecular complexity index is 539. The summed E-state index contributed by atoms with van der Waals surface area (Å²) in [6, 6.07) is 11.2. The highest BCUT2D eigenvalue weighted by atomic mass is 19.1. The fourth-order valence-corrected chi connectivity index (χ4v) is 2.11. The maximum atomic E-state index is 13.1. The van der Waals surface area contributed by atoms with Crippen LogP contribution >= 0.6 is 0 Å². The minimum Gasteiger partial charge on any atom is -0.373 e. The molecule has 0 radical (unpaired) electrons. The first-order valence-corrected chi connectivity index (χ1v) is 5.90. The molecule has 2 aromatic carbocycles. The number of hydrogen-bond acceptors (Lipinski definition) is 1. The number of benzene rings is 2. The zero-order valence-corrected chi connectivity index (χ0v) is 9.70. The van der Waals surface area contributed by atoms with E-state index < -0.39 is 11.6 Å². The lowest BCUT2D eigenvalue weighted by molar-refractivity contribution is -0.0527. The quantitative estimate of drug-likeness (QED) is 0.775. The lowest BCUT2D eigenvalue weighted by Crippen LogP contribution is -2.17. The van der Waals surface area contributed by atoms with Gasteiger partial charge in [-0.15, -0.1) is 0 Å². The van der Waals surface area contributed by atoms with Crippen molar-refractivity contribution < 1.29 is 13.5 Å². The molecule has 0 aromatic heterocycles. The fourth-order valence-electron chi connectivity index (χ4n) is 2.11. The molecule has 3 heteroatoms. The summed E-state index contributed by atoms with van der Waals surface area (Å²) in [5.74, 6) is -1.12. The summed E-state index contributed by atoms with van der Waals surface area (Å²) < 4.78 is 31.6. The van der Waals surface area contributed by atoms with E-state index in [1.54, 1.807) is 0 Å². The van der Waals surface area contributed by atoms with E-state index in [-0.39, 0.29) is 6.10 Å². The fraction of sp³-hybridized carbons (Fsp3) is 0.200.